The summed E-state index contributed by atoms with van der Waals surface area (Å²) in [5.74, 6) is 0.299. The Bertz CT molecular complexity index is 323. The summed E-state index contributed by atoms with van der Waals surface area (Å²) >= 11 is 0. The number of rotatable bonds is 3. The predicted molar refractivity (Wildman–Crippen MR) is 58.4 cm³/mol. The van der Waals surface area contributed by atoms with Crippen molar-refractivity contribution in [2.45, 2.75) is 19.4 Å². The molecule has 2 nitrogen and oxygen atoms in total. The molecule has 1 aliphatic heterocycles. The molecule has 0 saturated carbocycles. The fourth-order valence-electron chi connectivity index (χ4n) is 1.89. The standard InChI is InChI=1S/C12H16FNO/c1-9(10-6-7-15-8-10)14-12-5-3-2-4-11(12)13/h2-5,9-10,14H,6-8H2,1H3. The lowest BCUT2D eigenvalue weighted by molar-refractivity contribution is 0.183. The van der Waals surface area contributed by atoms with E-state index in [2.05, 4.69) is 12.2 Å². The summed E-state index contributed by atoms with van der Waals surface area (Å²) in [6.45, 7) is 3.68. The van der Waals surface area contributed by atoms with Gasteiger partial charge in [0, 0.05) is 18.6 Å². The minimum Gasteiger partial charge on any atom is -0.381 e. The molecule has 1 N–H and O–H groups in total. The van der Waals surface area contributed by atoms with Crippen molar-refractivity contribution in [3.8, 4) is 0 Å². The Balaban J connectivity index is 1.99. The van der Waals surface area contributed by atoms with Crippen molar-refractivity contribution in [2.75, 3.05) is 18.5 Å². The monoisotopic (exact) mass is 209 g/mol. The predicted octanol–water partition coefficient (Wildman–Crippen LogP) is 2.66. The number of hydrogen-bond donors (Lipinski definition) is 1. The quantitative estimate of drug-likeness (QED) is 0.826. The van der Waals surface area contributed by atoms with Crippen LogP contribution in [0.3, 0.4) is 0 Å². The van der Waals surface area contributed by atoms with Gasteiger partial charge in [-0.2, -0.15) is 0 Å². The van der Waals surface area contributed by atoms with Gasteiger partial charge in [-0.3, -0.25) is 0 Å². The summed E-state index contributed by atoms with van der Waals surface area (Å²) in [5.41, 5.74) is 0.580. The summed E-state index contributed by atoms with van der Waals surface area (Å²) in [7, 11) is 0. The van der Waals surface area contributed by atoms with Crippen molar-refractivity contribution in [1.82, 2.24) is 0 Å². The van der Waals surface area contributed by atoms with Gasteiger partial charge in [-0.1, -0.05) is 12.1 Å². The number of anilines is 1. The third-order valence-corrected chi connectivity index (χ3v) is 2.93. The smallest absolute Gasteiger partial charge is 0.146 e. The number of hydrogen-bond acceptors (Lipinski definition) is 2. The first-order valence-electron chi connectivity index (χ1n) is 5.36. The average Bonchev–Trinajstić information content (AvgIpc) is 2.74. The van der Waals surface area contributed by atoms with E-state index < -0.39 is 0 Å². The van der Waals surface area contributed by atoms with Crippen molar-refractivity contribution in [2.24, 2.45) is 5.92 Å². The topological polar surface area (TPSA) is 21.3 Å². The molecular weight excluding hydrogens is 193 g/mol. The minimum atomic E-state index is -0.191. The van der Waals surface area contributed by atoms with Gasteiger partial charge in [-0.15, -0.1) is 0 Å². The fourth-order valence-corrected chi connectivity index (χ4v) is 1.89. The summed E-state index contributed by atoms with van der Waals surface area (Å²) in [4.78, 5) is 0. The lowest BCUT2D eigenvalue weighted by atomic mass is 10.0. The zero-order valence-corrected chi connectivity index (χ0v) is 8.87. The van der Waals surface area contributed by atoms with E-state index in [0.29, 0.717) is 11.6 Å². The van der Waals surface area contributed by atoms with Crippen molar-refractivity contribution in [1.29, 1.82) is 0 Å². The van der Waals surface area contributed by atoms with Crippen molar-refractivity contribution < 1.29 is 9.13 Å². The molecule has 82 valence electrons. The third-order valence-electron chi connectivity index (χ3n) is 2.93. The number of halogens is 1. The number of para-hydroxylation sites is 1. The molecule has 2 rings (SSSR count). The number of nitrogens with one attached hydrogen (secondary N) is 1. The van der Waals surface area contributed by atoms with Crippen LogP contribution >= 0.6 is 0 Å². The zero-order chi connectivity index (χ0) is 10.7. The van der Waals surface area contributed by atoms with Crippen LogP contribution < -0.4 is 5.32 Å². The second-order valence-corrected chi connectivity index (χ2v) is 4.04. The summed E-state index contributed by atoms with van der Waals surface area (Å²) in [6.07, 6.45) is 1.06. The molecule has 0 amide bonds. The molecule has 1 aliphatic rings. The first-order valence-corrected chi connectivity index (χ1v) is 5.36. The maximum absolute atomic E-state index is 13.3. The van der Waals surface area contributed by atoms with Gasteiger partial charge in [0.2, 0.25) is 0 Å². The molecule has 0 bridgehead atoms. The Morgan fingerprint density at radius 3 is 2.93 bits per heavy atom. The van der Waals surface area contributed by atoms with E-state index in [0.717, 1.165) is 19.6 Å². The molecule has 1 aromatic rings. The van der Waals surface area contributed by atoms with E-state index in [1.807, 2.05) is 6.07 Å². The molecule has 15 heavy (non-hydrogen) atoms. The Kier molecular flexibility index (Phi) is 3.21. The minimum absolute atomic E-state index is 0.191. The molecule has 0 spiro atoms. The molecule has 2 atom stereocenters. The van der Waals surface area contributed by atoms with Crippen molar-refractivity contribution >= 4 is 5.69 Å². The van der Waals surface area contributed by atoms with Gasteiger partial charge in [-0.25, -0.2) is 4.39 Å². The fraction of sp³-hybridized carbons (Fsp3) is 0.500. The second kappa shape index (κ2) is 4.62. The number of benzene rings is 1. The zero-order valence-electron chi connectivity index (χ0n) is 8.87. The van der Waals surface area contributed by atoms with Crippen LogP contribution in [0, 0.1) is 11.7 Å². The lowest BCUT2D eigenvalue weighted by Gasteiger charge is -2.20. The van der Waals surface area contributed by atoms with Gasteiger partial charge in [0.15, 0.2) is 0 Å². The molecule has 0 aliphatic carbocycles. The normalized spacial score (nSPS) is 22.7. The third kappa shape index (κ3) is 2.48. The maximum Gasteiger partial charge on any atom is 0.146 e. The highest BCUT2D eigenvalue weighted by atomic mass is 19.1. The van der Waals surface area contributed by atoms with Crippen LogP contribution in [0.5, 0.6) is 0 Å². The summed E-state index contributed by atoms with van der Waals surface area (Å²) < 4.78 is 18.7. The summed E-state index contributed by atoms with van der Waals surface area (Å²) in [5, 5.41) is 3.20. The Labute approximate surface area is 89.4 Å². The molecule has 1 heterocycles. The van der Waals surface area contributed by atoms with Gasteiger partial charge in [0.05, 0.1) is 12.3 Å². The van der Waals surface area contributed by atoms with Gasteiger partial charge < -0.3 is 10.1 Å². The molecular formula is C12H16FNO. The van der Waals surface area contributed by atoms with Crippen LogP contribution in [-0.4, -0.2) is 19.3 Å². The van der Waals surface area contributed by atoms with Gasteiger partial charge in [-0.05, 0) is 25.5 Å². The van der Waals surface area contributed by atoms with Crippen molar-refractivity contribution in [3.63, 3.8) is 0 Å². The molecule has 1 saturated heterocycles. The van der Waals surface area contributed by atoms with E-state index in [-0.39, 0.29) is 11.9 Å². The largest absolute Gasteiger partial charge is 0.381 e. The average molecular weight is 209 g/mol. The van der Waals surface area contributed by atoms with E-state index >= 15 is 0 Å². The van der Waals surface area contributed by atoms with E-state index in [4.69, 9.17) is 4.74 Å². The SMILES string of the molecule is CC(Nc1ccccc1F)C1CCOC1. The molecule has 2 unspecified atom stereocenters. The molecule has 1 fully saturated rings. The van der Waals surface area contributed by atoms with Crippen LogP contribution in [0.2, 0.25) is 0 Å². The molecule has 3 heteroatoms. The molecule has 0 radical (unpaired) electrons. The van der Waals surface area contributed by atoms with Crippen LogP contribution in [0.4, 0.5) is 10.1 Å². The van der Waals surface area contributed by atoms with Crippen LogP contribution in [0.1, 0.15) is 13.3 Å². The first kappa shape index (κ1) is 10.4. The highest BCUT2D eigenvalue weighted by Gasteiger charge is 2.22. The summed E-state index contributed by atoms with van der Waals surface area (Å²) in [6, 6.07) is 7.03. The Morgan fingerprint density at radius 1 is 1.47 bits per heavy atom. The van der Waals surface area contributed by atoms with Crippen molar-refractivity contribution in [3.05, 3.63) is 30.1 Å². The van der Waals surface area contributed by atoms with E-state index in [1.165, 1.54) is 6.07 Å². The Morgan fingerprint density at radius 2 is 2.27 bits per heavy atom. The number of ether oxygens (including phenoxy) is 1. The van der Waals surface area contributed by atoms with Crippen LogP contribution in [-0.2, 0) is 4.74 Å². The highest BCUT2D eigenvalue weighted by molar-refractivity contribution is 5.45. The van der Waals surface area contributed by atoms with Crippen LogP contribution in [0.25, 0.3) is 0 Å². The second-order valence-electron chi connectivity index (χ2n) is 4.04. The maximum atomic E-state index is 13.3. The van der Waals surface area contributed by atoms with Gasteiger partial charge in [0.25, 0.3) is 0 Å². The highest BCUT2D eigenvalue weighted by Crippen LogP contribution is 2.21. The first-order chi connectivity index (χ1) is 7.27. The van der Waals surface area contributed by atoms with Gasteiger partial charge in [0.1, 0.15) is 5.82 Å². The molecule has 1 aromatic carbocycles. The van der Waals surface area contributed by atoms with E-state index in [1.54, 1.807) is 12.1 Å². The Hall–Kier alpha value is -1.09. The lowest BCUT2D eigenvalue weighted by Crippen LogP contribution is -2.26. The molecule has 0 aromatic heterocycles. The van der Waals surface area contributed by atoms with Gasteiger partial charge >= 0.3 is 0 Å². The van der Waals surface area contributed by atoms with Crippen LogP contribution in [0.15, 0.2) is 24.3 Å². The van der Waals surface area contributed by atoms with E-state index in [9.17, 15) is 4.39 Å².